The van der Waals surface area contributed by atoms with E-state index in [4.69, 9.17) is 0 Å². The van der Waals surface area contributed by atoms with Crippen molar-refractivity contribution in [2.24, 2.45) is 0 Å². The van der Waals surface area contributed by atoms with Gasteiger partial charge in [-0.05, 0) is 6.42 Å². The number of hydrogen-bond donors (Lipinski definition) is 1. The Morgan fingerprint density at radius 2 is 2.62 bits per heavy atom. The first kappa shape index (κ1) is 8.65. The minimum Gasteiger partial charge on any atom is -0.391 e. The minimum atomic E-state index is -0.350. The topological polar surface area (TPSA) is 53.4 Å². The van der Waals surface area contributed by atoms with Crippen molar-refractivity contribution in [1.29, 1.82) is 0 Å². The monoisotopic (exact) mass is 198 g/mol. The Kier molecular flexibility index (Phi) is 2.28. The summed E-state index contributed by atoms with van der Waals surface area (Å²) in [6.07, 6.45) is 1.90. The fraction of sp³-hybridized carbons (Fsp3) is 0.500. The SMILES string of the molecule is O=C(c1cncs1)N1CC[C@@H](O)C1. The molecule has 1 atom stereocenters. The molecule has 0 saturated carbocycles. The number of aliphatic hydroxyl groups is 1. The number of thiazole rings is 1. The van der Waals surface area contributed by atoms with Crippen molar-refractivity contribution in [1.82, 2.24) is 9.88 Å². The highest BCUT2D eigenvalue weighted by Crippen LogP contribution is 2.15. The lowest BCUT2D eigenvalue weighted by molar-refractivity contribution is 0.0769. The van der Waals surface area contributed by atoms with Crippen molar-refractivity contribution in [3.8, 4) is 0 Å². The quantitative estimate of drug-likeness (QED) is 0.708. The predicted molar refractivity (Wildman–Crippen MR) is 48.6 cm³/mol. The number of hydrogen-bond acceptors (Lipinski definition) is 4. The number of carbonyl (C=O) groups excluding carboxylic acids is 1. The summed E-state index contributed by atoms with van der Waals surface area (Å²) in [7, 11) is 0. The summed E-state index contributed by atoms with van der Waals surface area (Å²) in [5, 5.41) is 9.24. The zero-order valence-corrected chi connectivity index (χ0v) is 7.83. The highest BCUT2D eigenvalue weighted by Gasteiger charge is 2.25. The maximum absolute atomic E-state index is 11.6. The molecule has 0 radical (unpaired) electrons. The number of likely N-dealkylation sites (tertiary alicyclic amines) is 1. The average molecular weight is 198 g/mol. The molecular weight excluding hydrogens is 188 g/mol. The lowest BCUT2D eigenvalue weighted by Gasteiger charge is -2.13. The van der Waals surface area contributed by atoms with Gasteiger partial charge in [-0.3, -0.25) is 9.78 Å². The molecule has 1 amide bonds. The summed E-state index contributed by atoms with van der Waals surface area (Å²) in [5.74, 6) is -0.0148. The van der Waals surface area contributed by atoms with Crippen LogP contribution in [0.25, 0.3) is 0 Å². The van der Waals surface area contributed by atoms with Crippen LogP contribution in [-0.4, -0.2) is 40.1 Å². The van der Waals surface area contributed by atoms with Crippen molar-refractivity contribution in [2.45, 2.75) is 12.5 Å². The maximum atomic E-state index is 11.6. The van der Waals surface area contributed by atoms with Gasteiger partial charge in [-0.25, -0.2) is 0 Å². The number of amides is 1. The molecule has 4 nitrogen and oxygen atoms in total. The van der Waals surface area contributed by atoms with E-state index in [1.807, 2.05) is 0 Å². The van der Waals surface area contributed by atoms with E-state index in [0.717, 1.165) is 0 Å². The third-order valence-corrected chi connectivity index (χ3v) is 2.85. The van der Waals surface area contributed by atoms with Crippen LogP contribution in [0.5, 0.6) is 0 Å². The lowest BCUT2D eigenvalue weighted by atomic mass is 10.3. The van der Waals surface area contributed by atoms with Crippen molar-refractivity contribution < 1.29 is 9.90 Å². The van der Waals surface area contributed by atoms with Crippen molar-refractivity contribution in [2.75, 3.05) is 13.1 Å². The molecule has 0 aromatic carbocycles. The van der Waals surface area contributed by atoms with Crippen molar-refractivity contribution in [3.63, 3.8) is 0 Å². The van der Waals surface area contributed by atoms with E-state index in [2.05, 4.69) is 4.98 Å². The molecule has 0 bridgehead atoms. The molecule has 1 aromatic heterocycles. The summed E-state index contributed by atoms with van der Waals surface area (Å²) < 4.78 is 0. The van der Waals surface area contributed by atoms with Crippen molar-refractivity contribution >= 4 is 17.2 Å². The lowest BCUT2D eigenvalue weighted by Crippen LogP contribution is -2.28. The third-order valence-electron chi connectivity index (χ3n) is 2.09. The van der Waals surface area contributed by atoms with E-state index in [0.29, 0.717) is 24.4 Å². The van der Waals surface area contributed by atoms with Crippen LogP contribution in [0.15, 0.2) is 11.7 Å². The van der Waals surface area contributed by atoms with E-state index in [1.54, 1.807) is 16.6 Å². The molecule has 1 aromatic rings. The van der Waals surface area contributed by atoms with Gasteiger partial charge in [0.2, 0.25) is 0 Å². The Labute approximate surface area is 79.8 Å². The average Bonchev–Trinajstić information content (AvgIpc) is 2.72. The van der Waals surface area contributed by atoms with E-state index in [9.17, 15) is 9.90 Å². The van der Waals surface area contributed by atoms with Gasteiger partial charge in [-0.2, -0.15) is 0 Å². The number of nitrogens with zero attached hydrogens (tertiary/aromatic N) is 2. The van der Waals surface area contributed by atoms with Gasteiger partial charge in [0.05, 0.1) is 17.8 Å². The molecule has 0 unspecified atom stereocenters. The van der Waals surface area contributed by atoms with Gasteiger partial charge in [0.25, 0.3) is 5.91 Å². The summed E-state index contributed by atoms with van der Waals surface area (Å²) in [6.45, 7) is 1.11. The molecule has 1 saturated heterocycles. The van der Waals surface area contributed by atoms with Gasteiger partial charge in [0.15, 0.2) is 0 Å². The fourth-order valence-corrected chi connectivity index (χ4v) is 1.99. The fourth-order valence-electron chi connectivity index (χ4n) is 1.40. The number of carbonyl (C=O) groups is 1. The highest BCUT2D eigenvalue weighted by atomic mass is 32.1. The molecule has 1 aliphatic heterocycles. The smallest absolute Gasteiger partial charge is 0.265 e. The molecule has 1 fully saturated rings. The Hall–Kier alpha value is -0.940. The number of rotatable bonds is 1. The number of aliphatic hydroxyl groups excluding tert-OH is 1. The zero-order chi connectivity index (χ0) is 9.26. The molecule has 1 aliphatic rings. The standard InChI is InChI=1S/C8H10N2O2S/c11-6-1-2-10(4-6)8(12)7-3-9-5-13-7/h3,5-6,11H,1-2,4H2/t6-/m1/s1. The molecule has 2 rings (SSSR count). The molecule has 70 valence electrons. The van der Waals surface area contributed by atoms with Gasteiger partial charge >= 0.3 is 0 Å². The second kappa shape index (κ2) is 3.43. The molecule has 2 heterocycles. The summed E-state index contributed by atoms with van der Waals surface area (Å²) >= 11 is 1.34. The van der Waals surface area contributed by atoms with Crippen LogP contribution in [0.4, 0.5) is 0 Å². The minimum absolute atomic E-state index is 0.0148. The van der Waals surface area contributed by atoms with E-state index < -0.39 is 0 Å². The third kappa shape index (κ3) is 1.71. The second-order valence-corrected chi connectivity index (χ2v) is 3.95. The van der Waals surface area contributed by atoms with Crippen LogP contribution < -0.4 is 0 Å². The molecule has 0 spiro atoms. The second-order valence-electron chi connectivity index (χ2n) is 3.06. The van der Waals surface area contributed by atoms with E-state index >= 15 is 0 Å². The Morgan fingerprint density at radius 1 is 1.77 bits per heavy atom. The van der Waals surface area contributed by atoms with Gasteiger partial charge in [-0.15, -0.1) is 11.3 Å². The first-order chi connectivity index (χ1) is 6.27. The molecular formula is C8H10N2O2S. The molecule has 13 heavy (non-hydrogen) atoms. The molecule has 1 N–H and O–H groups in total. The highest BCUT2D eigenvalue weighted by molar-refractivity contribution is 7.11. The van der Waals surface area contributed by atoms with Crippen LogP contribution >= 0.6 is 11.3 Å². The van der Waals surface area contributed by atoms with Gasteiger partial charge < -0.3 is 10.0 Å². The Bertz CT molecular complexity index is 299. The van der Waals surface area contributed by atoms with E-state index in [1.165, 1.54) is 11.3 Å². The van der Waals surface area contributed by atoms with Crippen LogP contribution in [0.2, 0.25) is 0 Å². The normalized spacial score (nSPS) is 22.2. The van der Waals surface area contributed by atoms with Crippen LogP contribution in [0, 0.1) is 0 Å². The van der Waals surface area contributed by atoms with Gasteiger partial charge in [0, 0.05) is 13.1 Å². The van der Waals surface area contributed by atoms with Gasteiger partial charge in [0.1, 0.15) is 4.88 Å². The zero-order valence-electron chi connectivity index (χ0n) is 7.01. The summed E-state index contributed by atoms with van der Waals surface area (Å²) in [6, 6.07) is 0. The van der Waals surface area contributed by atoms with Crippen LogP contribution in [0.1, 0.15) is 16.1 Å². The molecule has 0 aliphatic carbocycles. The summed E-state index contributed by atoms with van der Waals surface area (Å²) in [4.78, 5) is 17.8. The Morgan fingerprint density at radius 3 is 3.15 bits per heavy atom. The van der Waals surface area contributed by atoms with Crippen molar-refractivity contribution in [3.05, 3.63) is 16.6 Å². The first-order valence-corrected chi connectivity index (χ1v) is 5.01. The number of aromatic nitrogens is 1. The summed E-state index contributed by atoms with van der Waals surface area (Å²) in [5.41, 5.74) is 1.64. The van der Waals surface area contributed by atoms with Crippen LogP contribution in [0.3, 0.4) is 0 Å². The number of β-amino-alcohol motifs (C(OH)–C–C–N with tert-alkyl or cyclic N) is 1. The van der Waals surface area contributed by atoms with Crippen LogP contribution in [-0.2, 0) is 0 Å². The van der Waals surface area contributed by atoms with Gasteiger partial charge in [-0.1, -0.05) is 0 Å². The molecule has 5 heteroatoms. The maximum Gasteiger partial charge on any atom is 0.265 e. The Balaban J connectivity index is 2.06. The van der Waals surface area contributed by atoms with E-state index in [-0.39, 0.29) is 12.0 Å². The first-order valence-electron chi connectivity index (χ1n) is 4.13. The predicted octanol–water partition coefficient (Wildman–Crippen LogP) is 0.350. The largest absolute Gasteiger partial charge is 0.391 e.